The molecule has 86 valence electrons. The van der Waals surface area contributed by atoms with E-state index in [0.29, 0.717) is 12.6 Å². The minimum absolute atomic E-state index is 0. The normalized spacial score (nSPS) is 11.7. The molecule has 0 aromatic carbocycles. The van der Waals surface area contributed by atoms with E-state index < -0.39 is 0 Å². The summed E-state index contributed by atoms with van der Waals surface area (Å²) >= 11 is 4.75. The van der Waals surface area contributed by atoms with Crippen LogP contribution in [0.1, 0.15) is 16.6 Å². The molecule has 1 rings (SSSR count). The van der Waals surface area contributed by atoms with Crippen molar-refractivity contribution in [2.75, 3.05) is 13.6 Å². The fourth-order valence-electron chi connectivity index (χ4n) is 0.867. The van der Waals surface area contributed by atoms with Gasteiger partial charge in [-0.05, 0) is 36.0 Å². The lowest BCUT2D eigenvalue weighted by atomic mass is 10.3. The Bertz CT molecular complexity index is 319. The van der Waals surface area contributed by atoms with Crippen molar-refractivity contribution in [3.05, 3.63) is 20.8 Å². The van der Waals surface area contributed by atoms with Crippen molar-refractivity contribution in [3.63, 3.8) is 0 Å². The number of thiophene rings is 1. The summed E-state index contributed by atoms with van der Waals surface area (Å²) in [5.74, 6) is -0.0113. The molecule has 0 spiro atoms. The predicted octanol–water partition coefficient (Wildman–Crippen LogP) is 2.27. The fraction of sp³-hybridized carbons (Fsp3) is 0.444. The van der Waals surface area contributed by atoms with Crippen LogP contribution in [0.5, 0.6) is 0 Å². The fourth-order valence-corrected chi connectivity index (χ4v) is 2.21. The zero-order chi connectivity index (χ0) is 10.6. The van der Waals surface area contributed by atoms with Gasteiger partial charge in [-0.25, -0.2) is 0 Å². The highest BCUT2D eigenvalue weighted by Crippen LogP contribution is 2.19. The number of nitrogens with one attached hydrogen (secondary N) is 2. The van der Waals surface area contributed by atoms with Gasteiger partial charge in [-0.1, -0.05) is 0 Å². The van der Waals surface area contributed by atoms with Crippen molar-refractivity contribution in [2.45, 2.75) is 13.0 Å². The van der Waals surface area contributed by atoms with Crippen LogP contribution in [0.2, 0.25) is 0 Å². The number of halogens is 2. The van der Waals surface area contributed by atoms with Gasteiger partial charge in [-0.3, -0.25) is 4.79 Å². The van der Waals surface area contributed by atoms with Crippen LogP contribution in [0.3, 0.4) is 0 Å². The molecule has 0 radical (unpaired) electrons. The van der Waals surface area contributed by atoms with E-state index in [1.54, 1.807) is 0 Å². The summed E-state index contributed by atoms with van der Waals surface area (Å²) in [6.45, 7) is 2.66. The van der Waals surface area contributed by atoms with Crippen LogP contribution in [0.15, 0.2) is 15.9 Å². The summed E-state index contributed by atoms with van der Waals surface area (Å²) in [5, 5.41) is 7.81. The quantitative estimate of drug-likeness (QED) is 0.895. The molecule has 3 nitrogen and oxygen atoms in total. The zero-order valence-corrected chi connectivity index (χ0v) is 11.8. The largest absolute Gasteiger partial charge is 0.350 e. The molecule has 1 heterocycles. The number of hydrogen-bond acceptors (Lipinski definition) is 3. The molecule has 2 N–H and O–H groups in total. The van der Waals surface area contributed by atoms with Crippen LogP contribution in [0.4, 0.5) is 0 Å². The average molecular weight is 314 g/mol. The smallest absolute Gasteiger partial charge is 0.261 e. The summed E-state index contributed by atoms with van der Waals surface area (Å²) in [7, 11) is 1.87. The standard InChI is InChI=1S/C9H13BrN2OS.ClH/c1-6(11-2)4-12-9(13)8-3-7(10)5-14-8;/h3,5-6,11H,4H2,1-2H3,(H,12,13);1H. The van der Waals surface area contributed by atoms with E-state index in [-0.39, 0.29) is 18.3 Å². The topological polar surface area (TPSA) is 41.1 Å². The molecule has 6 heteroatoms. The van der Waals surface area contributed by atoms with Crippen molar-refractivity contribution >= 4 is 45.6 Å². The molecule has 1 amide bonds. The number of likely N-dealkylation sites (N-methyl/N-ethyl adjacent to an activating group) is 1. The van der Waals surface area contributed by atoms with Crippen LogP contribution in [-0.4, -0.2) is 25.5 Å². The minimum Gasteiger partial charge on any atom is -0.350 e. The molecule has 1 unspecified atom stereocenters. The SMILES string of the molecule is CNC(C)CNC(=O)c1cc(Br)cs1.Cl. The highest BCUT2D eigenvalue weighted by atomic mass is 79.9. The summed E-state index contributed by atoms with van der Waals surface area (Å²) in [6.07, 6.45) is 0. The first-order valence-electron chi connectivity index (χ1n) is 4.33. The van der Waals surface area contributed by atoms with Crippen LogP contribution >= 0.6 is 39.7 Å². The Kier molecular flexibility index (Phi) is 7.17. The Morgan fingerprint density at radius 3 is 2.80 bits per heavy atom. The summed E-state index contributed by atoms with van der Waals surface area (Å²) in [6, 6.07) is 2.12. The molecule has 15 heavy (non-hydrogen) atoms. The Hall–Kier alpha value is -0.100. The molecule has 0 bridgehead atoms. The van der Waals surface area contributed by atoms with E-state index in [4.69, 9.17) is 0 Å². The van der Waals surface area contributed by atoms with Gasteiger partial charge < -0.3 is 10.6 Å². The molecule has 1 aromatic rings. The van der Waals surface area contributed by atoms with Gasteiger partial charge in [0.15, 0.2) is 0 Å². The monoisotopic (exact) mass is 312 g/mol. The highest BCUT2D eigenvalue weighted by Gasteiger charge is 2.08. The number of carbonyl (C=O) groups excluding carboxylic acids is 1. The number of carbonyl (C=O) groups is 1. The lowest BCUT2D eigenvalue weighted by molar-refractivity contribution is 0.0954. The van der Waals surface area contributed by atoms with Crippen LogP contribution < -0.4 is 10.6 Å². The van der Waals surface area contributed by atoms with Gasteiger partial charge in [0.05, 0.1) is 4.88 Å². The number of amides is 1. The van der Waals surface area contributed by atoms with Gasteiger partial charge in [0.1, 0.15) is 0 Å². The molecule has 0 saturated heterocycles. The lowest BCUT2D eigenvalue weighted by Gasteiger charge is -2.10. The molecular weight excluding hydrogens is 300 g/mol. The maximum Gasteiger partial charge on any atom is 0.261 e. The van der Waals surface area contributed by atoms with Crippen molar-refractivity contribution in [1.29, 1.82) is 0 Å². The Labute approximate surface area is 108 Å². The zero-order valence-electron chi connectivity index (χ0n) is 8.54. The van der Waals surface area contributed by atoms with E-state index in [9.17, 15) is 4.79 Å². The third-order valence-electron chi connectivity index (χ3n) is 1.85. The Balaban J connectivity index is 0.00000196. The number of rotatable bonds is 4. The lowest BCUT2D eigenvalue weighted by Crippen LogP contribution is -2.36. The van der Waals surface area contributed by atoms with Gasteiger partial charge in [0.25, 0.3) is 5.91 Å². The van der Waals surface area contributed by atoms with Crippen molar-refractivity contribution < 1.29 is 4.79 Å². The molecular formula is C9H14BrClN2OS. The van der Waals surface area contributed by atoms with Gasteiger partial charge in [0, 0.05) is 22.4 Å². The molecule has 0 fully saturated rings. The predicted molar refractivity (Wildman–Crippen MR) is 70.1 cm³/mol. The van der Waals surface area contributed by atoms with Crippen molar-refractivity contribution in [1.82, 2.24) is 10.6 Å². The van der Waals surface area contributed by atoms with Crippen molar-refractivity contribution in [2.24, 2.45) is 0 Å². The van der Waals surface area contributed by atoms with E-state index >= 15 is 0 Å². The van der Waals surface area contributed by atoms with E-state index in [2.05, 4.69) is 26.6 Å². The highest BCUT2D eigenvalue weighted by molar-refractivity contribution is 9.10. The van der Waals surface area contributed by atoms with Gasteiger partial charge in [-0.15, -0.1) is 23.7 Å². The van der Waals surface area contributed by atoms with Gasteiger partial charge >= 0.3 is 0 Å². The summed E-state index contributed by atoms with van der Waals surface area (Å²) in [4.78, 5) is 12.3. The summed E-state index contributed by atoms with van der Waals surface area (Å²) < 4.78 is 0.953. The summed E-state index contributed by atoms with van der Waals surface area (Å²) in [5.41, 5.74) is 0. The van der Waals surface area contributed by atoms with E-state index in [1.807, 2.05) is 25.4 Å². The maximum absolute atomic E-state index is 11.5. The molecule has 1 atom stereocenters. The minimum atomic E-state index is -0.0113. The Morgan fingerprint density at radius 2 is 2.33 bits per heavy atom. The Morgan fingerprint density at radius 1 is 1.67 bits per heavy atom. The number of hydrogen-bond donors (Lipinski definition) is 2. The third kappa shape index (κ3) is 4.97. The first-order chi connectivity index (χ1) is 6.63. The molecule has 0 aliphatic heterocycles. The second-order valence-electron chi connectivity index (χ2n) is 3.03. The van der Waals surface area contributed by atoms with E-state index in [1.165, 1.54) is 11.3 Å². The van der Waals surface area contributed by atoms with E-state index in [0.717, 1.165) is 9.35 Å². The molecule has 1 aromatic heterocycles. The third-order valence-corrected chi connectivity index (χ3v) is 3.54. The first kappa shape index (κ1) is 14.9. The first-order valence-corrected chi connectivity index (χ1v) is 6.00. The van der Waals surface area contributed by atoms with Crippen molar-refractivity contribution in [3.8, 4) is 0 Å². The maximum atomic E-state index is 11.5. The van der Waals surface area contributed by atoms with Crippen LogP contribution in [-0.2, 0) is 0 Å². The van der Waals surface area contributed by atoms with Gasteiger partial charge in [0.2, 0.25) is 0 Å². The molecule has 0 aliphatic carbocycles. The van der Waals surface area contributed by atoms with Crippen LogP contribution in [0.25, 0.3) is 0 Å². The van der Waals surface area contributed by atoms with Gasteiger partial charge in [-0.2, -0.15) is 0 Å². The average Bonchev–Trinajstić information content (AvgIpc) is 2.60. The second-order valence-corrected chi connectivity index (χ2v) is 4.86. The molecule has 0 aliphatic rings. The second kappa shape index (κ2) is 7.22. The molecule has 0 saturated carbocycles. The van der Waals surface area contributed by atoms with Crippen LogP contribution in [0, 0.1) is 0 Å².